The van der Waals surface area contributed by atoms with Crippen molar-refractivity contribution < 1.29 is 4.74 Å². The molecule has 0 aliphatic carbocycles. The molecule has 3 heteroatoms. The van der Waals surface area contributed by atoms with Crippen LogP contribution in [0.1, 0.15) is 30.4 Å². The summed E-state index contributed by atoms with van der Waals surface area (Å²) in [5.41, 5.74) is 2.74. The fourth-order valence-electron chi connectivity index (χ4n) is 2.95. The molecule has 1 heterocycles. The van der Waals surface area contributed by atoms with Gasteiger partial charge in [0, 0.05) is 12.6 Å². The van der Waals surface area contributed by atoms with E-state index in [0.29, 0.717) is 0 Å². The molecule has 1 atom stereocenters. The van der Waals surface area contributed by atoms with Gasteiger partial charge in [-0.3, -0.25) is 0 Å². The predicted molar refractivity (Wildman–Crippen MR) is 84.0 cm³/mol. The van der Waals surface area contributed by atoms with Gasteiger partial charge >= 0.3 is 0 Å². The molecule has 0 bridgehead atoms. The van der Waals surface area contributed by atoms with E-state index in [4.69, 9.17) is 4.74 Å². The summed E-state index contributed by atoms with van der Waals surface area (Å²) in [6, 6.07) is 9.34. The average molecular weight is 276 g/mol. The fraction of sp³-hybridized carbons (Fsp3) is 0.647. The van der Waals surface area contributed by atoms with Crippen molar-refractivity contribution in [1.29, 1.82) is 0 Å². The maximum absolute atomic E-state index is 5.90. The monoisotopic (exact) mass is 276 g/mol. The second kappa shape index (κ2) is 8.40. The molecule has 2 rings (SSSR count). The molecule has 1 saturated heterocycles. The van der Waals surface area contributed by atoms with Crippen molar-refractivity contribution >= 4 is 0 Å². The van der Waals surface area contributed by atoms with Gasteiger partial charge in [0.25, 0.3) is 0 Å². The Morgan fingerprint density at radius 3 is 2.80 bits per heavy atom. The number of likely N-dealkylation sites (tertiary alicyclic amines) is 1. The van der Waals surface area contributed by atoms with Crippen LogP contribution in [0.5, 0.6) is 0 Å². The molecule has 1 aromatic rings. The zero-order valence-corrected chi connectivity index (χ0v) is 12.9. The minimum atomic E-state index is 0.731. The van der Waals surface area contributed by atoms with Gasteiger partial charge in [0.1, 0.15) is 0 Å². The number of hydrogen-bond donors (Lipinski definition) is 1. The summed E-state index contributed by atoms with van der Waals surface area (Å²) >= 11 is 0. The van der Waals surface area contributed by atoms with Gasteiger partial charge in [-0.2, -0.15) is 0 Å². The third-order valence-electron chi connectivity index (χ3n) is 4.29. The van der Waals surface area contributed by atoms with E-state index in [9.17, 15) is 0 Å². The van der Waals surface area contributed by atoms with Gasteiger partial charge in [-0.05, 0) is 64.0 Å². The van der Waals surface area contributed by atoms with Crippen LogP contribution in [0.25, 0.3) is 0 Å². The summed E-state index contributed by atoms with van der Waals surface area (Å²) in [6.07, 6.45) is 4.91. The van der Waals surface area contributed by atoms with Crippen molar-refractivity contribution in [3.8, 4) is 0 Å². The molecule has 0 radical (unpaired) electrons. The molecule has 0 aromatic heterocycles. The highest BCUT2D eigenvalue weighted by molar-refractivity contribution is 5.26. The van der Waals surface area contributed by atoms with Crippen molar-refractivity contribution in [1.82, 2.24) is 10.2 Å². The molecule has 1 N–H and O–H groups in total. The highest BCUT2D eigenvalue weighted by atomic mass is 16.5. The van der Waals surface area contributed by atoms with Gasteiger partial charge in [-0.15, -0.1) is 0 Å². The van der Waals surface area contributed by atoms with E-state index in [1.165, 1.54) is 30.5 Å². The number of nitrogens with one attached hydrogen (secondary N) is 1. The van der Waals surface area contributed by atoms with Crippen LogP contribution in [-0.4, -0.2) is 44.7 Å². The van der Waals surface area contributed by atoms with Crippen molar-refractivity contribution in [3.05, 3.63) is 35.4 Å². The predicted octanol–water partition coefficient (Wildman–Crippen LogP) is 2.45. The van der Waals surface area contributed by atoms with E-state index in [-0.39, 0.29) is 0 Å². The second-order valence-corrected chi connectivity index (χ2v) is 5.74. The molecular weight excluding hydrogens is 248 g/mol. The number of rotatable bonds is 8. The number of nitrogens with zero attached hydrogens (tertiary/aromatic N) is 1. The third-order valence-corrected chi connectivity index (χ3v) is 4.29. The topological polar surface area (TPSA) is 24.5 Å². The Hall–Kier alpha value is -0.900. The molecule has 1 aliphatic heterocycles. The largest absolute Gasteiger partial charge is 0.377 e. The SMILES string of the molecule is CNCCc1ccccc1COCCC1CCCN1C. The Bertz CT molecular complexity index is 394. The molecule has 0 saturated carbocycles. The normalized spacial score (nSPS) is 19.6. The summed E-state index contributed by atoms with van der Waals surface area (Å²) in [7, 11) is 4.22. The molecule has 1 fully saturated rings. The Morgan fingerprint density at radius 2 is 2.10 bits per heavy atom. The Morgan fingerprint density at radius 1 is 1.30 bits per heavy atom. The Labute approximate surface area is 123 Å². The number of hydrogen-bond acceptors (Lipinski definition) is 3. The minimum Gasteiger partial charge on any atom is -0.377 e. The molecule has 3 nitrogen and oxygen atoms in total. The first-order chi connectivity index (χ1) is 9.81. The van der Waals surface area contributed by atoms with Gasteiger partial charge in [0.05, 0.1) is 6.61 Å². The van der Waals surface area contributed by atoms with E-state index >= 15 is 0 Å². The number of benzene rings is 1. The third kappa shape index (κ3) is 4.58. The average Bonchev–Trinajstić information content (AvgIpc) is 2.88. The molecule has 1 aromatic carbocycles. The lowest BCUT2D eigenvalue weighted by Gasteiger charge is -2.19. The first-order valence-corrected chi connectivity index (χ1v) is 7.80. The van der Waals surface area contributed by atoms with E-state index in [2.05, 4.69) is 41.5 Å². The standard InChI is InChI=1S/C17H28N2O/c1-18-11-9-15-6-3-4-7-16(15)14-20-13-10-17-8-5-12-19(17)2/h3-4,6-7,17-18H,5,8-14H2,1-2H3. The zero-order valence-electron chi connectivity index (χ0n) is 12.9. The lowest BCUT2D eigenvalue weighted by atomic mass is 10.1. The van der Waals surface area contributed by atoms with E-state index in [1.54, 1.807) is 0 Å². The summed E-state index contributed by atoms with van der Waals surface area (Å²) in [6.45, 7) is 3.88. The molecule has 0 spiro atoms. The maximum atomic E-state index is 5.90. The highest BCUT2D eigenvalue weighted by Gasteiger charge is 2.19. The van der Waals surface area contributed by atoms with E-state index in [0.717, 1.165) is 38.6 Å². The lowest BCUT2D eigenvalue weighted by molar-refractivity contribution is 0.101. The van der Waals surface area contributed by atoms with Crippen LogP contribution >= 0.6 is 0 Å². The minimum absolute atomic E-state index is 0.731. The van der Waals surface area contributed by atoms with E-state index in [1.807, 2.05) is 7.05 Å². The van der Waals surface area contributed by atoms with Gasteiger partial charge in [0.15, 0.2) is 0 Å². The Balaban J connectivity index is 1.73. The van der Waals surface area contributed by atoms with Crippen molar-refractivity contribution in [2.75, 3.05) is 33.8 Å². The van der Waals surface area contributed by atoms with Gasteiger partial charge < -0.3 is 15.0 Å². The van der Waals surface area contributed by atoms with Crippen LogP contribution in [0.2, 0.25) is 0 Å². The molecule has 1 unspecified atom stereocenters. The number of ether oxygens (including phenoxy) is 1. The van der Waals surface area contributed by atoms with E-state index < -0.39 is 0 Å². The Kier molecular flexibility index (Phi) is 6.51. The van der Waals surface area contributed by atoms with Crippen molar-refractivity contribution in [2.45, 2.75) is 38.3 Å². The van der Waals surface area contributed by atoms with Crippen molar-refractivity contribution in [2.24, 2.45) is 0 Å². The highest BCUT2D eigenvalue weighted by Crippen LogP contribution is 2.18. The first-order valence-electron chi connectivity index (χ1n) is 7.80. The van der Waals surface area contributed by atoms with Gasteiger partial charge in [0.2, 0.25) is 0 Å². The van der Waals surface area contributed by atoms with Gasteiger partial charge in [-0.25, -0.2) is 0 Å². The smallest absolute Gasteiger partial charge is 0.0719 e. The van der Waals surface area contributed by atoms with Crippen LogP contribution in [0, 0.1) is 0 Å². The summed E-state index contributed by atoms with van der Waals surface area (Å²) in [4.78, 5) is 2.46. The van der Waals surface area contributed by atoms with Crippen LogP contribution in [0.4, 0.5) is 0 Å². The first kappa shape index (κ1) is 15.5. The molecule has 112 valence electrons. The quantitative estimate of drug-likeness (QED) is 0.738. The van der Waals surface area contributed by atoms with Crippen molar-refractivity contribution in [3.63, 3.8) is 0 Å². The molecule has 20 heavy (non-hydrogen) atoms. The number of likely N-dealkylation sites (N-methyl/N-ethyl adjacent to an activating group) is 1. The molecule has 0 amide bonds. The fourth-order valence-corrected chi connectivity index (χ4v) is 2.95. The second-order valence-electron chi connectivity index (χ2n) is 5.74. The molecular formula is C17H28N2O. The maximum Gasteiger partial charge on any atom is 0.0719 e. The summed E-state index contributed by atoms with van der Waals surface area (Å²) in [5, 5.41) is 3.21. The van der Waals surface area contributed by atoms with Gasteiger partial charge in [-0.1, -0.05) is 24.3 Å². The van der Waals surface area contributed by atoms with Crippen LogP contribution in [-0.2, 0) is 17.8 Å². The summed E-state index contributed by atoms with van der Waals surface area (Å²) in [5.74, 6) is 0. The van der Waals surface area contributed by atoms with Crippen LogP contribution < -0.4 is 5.32 Å². The summed E-state index contributed by atoms with van der Waals surface area (Å²) < 4.78 is 5.90. The molecule has 1 aliphatic rings. The van der Waals surface area contributed by atoms with Crippen LogP contribution in [0.3, 0.4) is 0 Å². The van der Waals surface area contributed by atoms with Crippen LogP contribution in [0.15, 0.2) is 24.3 Å². The lowest BCUT2D eigenvalue weighted by Crippen LogP contribution is -2.26. The zero-order chi connectivity index (χ0) is 14.2.